The van der Waals surface area contributed by atoms with Crippen LogP contribution < -0.4 is 15.4 Å². The number of hydrogen-bond donors (Lipinski definition) is 2. The molecule has 2 saturated carbocycles. The fourth-order valence-electron chi connectivity index (χ4n) is 5.32. The molecule has 3 atom stereocenters. The number of carbonyl (C=O) groups is 1. The molecule has 148 valence electrons. The zero-order chi connectivity index (χ0) is 18.9. The summed E-state index contributed by atoms with van der Waals surface area (Å²) in [7, 11) is 0. The van der Waals surface area contributed by atoms with E-state index in [0.717, 1.165) is 67.6 Å². The average molecular weight is 380 g/mol. The van der Waals surface area contributed by atoms with Gasteiger partial charge in [0.25, 0.3) is 0 Å². The molecule has 1 aromatic heterocycles. The molecule has 1 amide bonds. The van der Waals surface area contributed by atoms with Crippen LogP contribution in [0.25, 0.3) is 10.8 Å². The van der Waals surface area contributed by atoms with Crippen molar-refractivity contribution < 1.29 is 9.53 Å². The van der Waals surface area contributed by atoms with Crippen molar-refractivity contribution in [3.8, 4) is 5.75 Å². The third kappa shape index (κ3) is 3.48. The second-order valence-corrected chi connectivity index (χ2v) is 8.71. The van der Waals surface area contributed by atoms with E-state index < -0.39 is 0 Å². The van der Waals surface area contributed by atoms with Crippen molar-refractivity contribution in [3.63, 3.8) is 0 Å². The van der Waals surface area contributed by atoms with Gasteiger partial charge in [0.15, 0.2) is 0 Å². The van der Waals surface area contributed by atoms with Gasteiger partial charge in [0.05, 0.1) is 6.10 Å². The number of carbonyl (C=O) groups excluding carboxylic acids is 1. The first-order valence-electron chi connectivity index (χ1n) is 10.8. The predicted molar refractivity (Wildman–Crippen MR) is 109 cm³/mol. The van der Waals surface area contributed by atoms with E-state index in [1.54, 1.807) is 0 Å². The predicted octanol–water partition coefficient (Wildman–Crippen LogP) is 3.29. The summed E-state index contributed by atoms with van der Waals surface area (Å²) in [6, 6.07) is 8.45. The summed E-state index contributed by atoms with van der Waals surface area (Å²) in [5, 5.41) is 9.01. The Labute approximate surface area is 166 Å². The maximum Gasteiger partial charge on any atom is 0.223 e. The van der Waals surface area contributed by atoms with Crippen molar-refractivity contribution in [1.29, 1.82) is 0 Å². The van der Waals surface area contributed by atoms with E-state index in [1.807, 2.05) is 30.6 Å². The zero-order valence-electron chi connectivity index (χ0n) is 16.3. The van der Waals surface area contributed by atoms with E-state index in [4.69, 9.17) is 4.74 Å². The van der Waals surface area contributed by atoms with Crippen LogP contribution in [0, 0.1) is 17.8 Å². The zero-order valence-corrected chi connectivity index (χ0v) is 16.3. The first kappa shape index (κ1) is 17.9. The Balaban J connectivity index is 1.13. The van der Waals surface area contributed by atoms with E-state index in [0.29, 0.717) is 12.0 Å². The van der Waals surface area contributed by atoms with Crippen LogP contribution in [-0.2, 0) is 4.79 Å². The lowest BCUT2D eigenvalue weighted by Gasteiger charge is -2.47. The van der Waals surface area contributed by atoms with E-state index >= 15 is 0 Å². The van der Waals surface area contributed by atoms with E-state index in [9.17, 15) is 4.79 Å². The lowest BCUT2D eigenvalue weighted by molar-refractivity contribution is -0.135. The van der Waals surface area contributed by atoms with Gasteiger partial charge in [0.1, 0.15) is 5.75 Å². The SMILES string of the molecule is O=C(NC1CCC(Oc2cccc3cnccc23)CC1)[C@@H]1C[C@H]2CCNC[C@H]21. The van der Waals surface area contributed by atoms with Gasteiger partial charge in [0, 0.05) is 35.1 Å². The summed E-state index contributed by atoms with van der Waals surface area (Å²) >= 11 is 0. The third-order valence-electron chi connectivity index (χ3n) is 7.04. The summed E-state index contributed by atoms with van der Waals surface area (Å²) < 4.78 is 6.32. The Kier molecular flexibility index (Phi) is 4.93. The van der Waals surface area contributed by atoms with Crippen LogP contribution in [0.2, 0.25) is 0 Å². The smallest absolute Gasteiger partial charge is 0.223 e. The third-order valence-corrected chi connectivity index (χ3v) is 7.04. The molecule has 1 saturated heterocycles. The Morgan fingerprint density at radius 3 is 2.89 bits per heavy atom. The number of aromatic nitrogens is 1. The van der Waals surface area contributed by atoms with Crippen molar-refractivity contribution in [1.82, 2.24) is 15.6 Å². The minimum Gasteiger partial charge on any atom is -0.490 e. The molecule has 5 heteroatoms. The molecule has 2 N–H and O–H groups in total. The highest BCUT2D eigenvalue weighted by atomic mass is 16.5. The molecule has 0 unspecified atom stereocenters. The second kappa shape index (κ2) is 7.70. The van der Waals surface area contributed by atoms with Gasteiger partial charge in [-0.2, -0.15) is 0 Å². The maximum atomic E-state index is 12.7. The number of nitrogens with zero attached hydrogens (tertiary/aromatic N) is 1. The number of benzene rings is 1. The number of piperidine rings is 1. The molecule has 2 aromatic rings. The molecule has 3 aliphatic rings. The van der Waals surface area contributed by atoms with Crippen molar-refractivity contribution in [2.45, 2.75) is 50.7 Å². The van der Waals surface area contributed by atoms with Crippen molar-refractivity contribution in [2.24, 2.45) is 17.8 Å². The normalized spacial score (nSPS) is 32.2. The van der Waals surface area contributed by atoms with Gasteiger partial charge >= 0.3 is 0 Å². The van der Waals surface area contributed by atoms with Crippen LogP contribution >= 0.6 is 0 Å². The van der Waals surface area contributed by atoms with Gasteiger partial charge < -0.3 is 15.4 Å². The molecule has 28 heavy (non-hydrogen) atoms. The molecule has 0 spiro atoms. The summed E-state index contributed by atoms with van der Waals surface area (Å²) in [4.78, 5) is 16.9. The molecule has 5 rings (SSSR count). The Hall–Kier alpha value is -2.14. The van der Waals surface area contributed by atoms with E-state index in [-0.39, 0.29) is 17.9 Å². The van der Waals surface area contributed by atoms with Crippen LogP contribution in [0.3, 0.4) is 0 Å². The van der Waals surface area contributed by atoms with Crippen LogP contribution in [0.1, 0.15) is 38.5 Å². The minimum atomic E-state index is 0.225. The second-order valence-electron chi connectivity index (χ2n) is 8.71. The fourth-order valence-corrected chi connectivity index (χ4v) is 5.32. The largest absolute Gasteiger partial charge is 0.490 e. The molecule has 2 heterocycles. The standard InChI is InChI=1S/C23H29N3O2/c27-23(20-12-15-8-10-25-14-21(15)20)26-17-4-6-18(7-5-17)28-22-3-1-2-16-13-24-11-9-19(16)22/h1-3,9,11,13,15,17-18,20-21,25H,4-8,10,12,14H2,(H,26,27)/t15-,17?,18?,20-,21-/m1/s1. The number of amides is 1. The van der Waals surface area contributed by atoms with Gasteiger partial charge in [-0.15, -0.1) is 0 Å². The molecule has 1 aliphatic heterocycles. The highest BCUT2D eigenvalue weighted by Crippen LogP contribution is 2.44. The minimum absolute atomic E-state index is 0.225. The van der Waals surface area contributed by atoms with Crippen molar-refractivity contribution in [3.05, 3.63) is 36.7 Å². The Morgan fingerprint density at radius 2 is 2.04 bits per heavy atom. The molecular formula is C23H29N3O2. The van der Waals surface area contributed by atoms with E-state index in [2.05, 4.69) is 21.7 Å². The summed E-state index contributed by atoms with van der Waals surface area (Å²) in [6.45, 7) is 2.14. The number of ether oxygens (including phenoxy) is 1. The van der Waals surface area contributed by atoms with Crippen LogP contribution in [0.5, 0.6) is 5.75 Å². The fraction of sp³-hybridized carbons (Fsp3) is 0.565. The number of nitrogens with one attached hydrogen (secondary N) is 2. The molecule has 5 nitrogen and oxygen atoms in total. The molecule has 0 radical (unpaired) electrons. The molecular weight excluding hydrogens is 350 g/mol. The number of hydrogen-bond acceptors (Lipinski definition) is 4. The van der Waals surface area contributed by atoms with Crippen molar-refractivity contribution in [2.75, 3.05) is 13.1 Å². The summed E-state index contributed by atoms with van der Waals surface area (Å²) in [5.41, 5.74) is 0. The Bertz CT molecular complexity index is 841. The van der Waals surface area contributed by atoms with Crippen LogP contribution in [0.4, 0.5) is 0 Å². The van der Waals surface area contributed by atoms with Crippen molar-refractivity contribution >= 4 is 16.7 Å². The van der Waals surface area contributed by atoms with Gasteiger partial charge in [-0.05, 0) is 75.6 Å². The highest BCUT2D eigenvalue weighted by Gasteiger charge is 2.46. The van der Waals surface area contributed by atoms with Gasteiger partial charge in [-0.3, -0.25) is 9.78 Å². The summed E-state index contributed by atoms with van der Waals surface area (Å²) in [5.74, 6) is 2.80. The monoisotopic (exact) mass is 379 g/mol. The highest BCUT2D eigenvalue weighted by molar-refractivity contribution is 5.87. The van der Waals surface area contributed by atoms with Gasteiger partial charge in [0.2, 0.25) is 5.91 Å². The lowest BCUT2D eigenvalue weighted by atomic mass is 9.61. The van der Waals surface area contributed by atoms with Crippen LogP contribution in [0.15, 0.2) is 36.7 Å². The molecule has 3 fully saturated rings. The quantitative estimate of drug-likeness (QED) is 0.856. The molecule has 2 aliphatic carbocycles. The number of pyridine rings is 1. The lowest BCUT2D eigenvalue weighted by Crippen LogP contribution is -2.55. The number of rotatable bonds is 4. The summed E-state index contributed by atoms with van der Waals surface area (Å²) in [6.07, 6.45) is 10.2. The maximum absolute atomic E-state index is 12.7. The topological polar surface area (TPSA) is 63.2 Å². The molecule has 0 bridgehead atoms. The Morgan fingerprint density at radius 1 is 1.14 bits per heavy atom. The first-order chi connectivity index (χ1) is 13.8. The number of fused-ring (bicyclic) bond motifs is 2. The van der Waals surface area contributed by atoms with Crippen LogP contribution in [-0.4, -0.2) is 36.1 Å². The van der Waals surface area contributed by atoms with Gasteiger partial charge in [-0.1, -0.05) is 12.1 Å². The average Bonchev–Trinajstić information content (AvgIpc) is 2.71. The van der Waals surface area contributed by atoms with E-state index in [1.165, 1.54) is 6.42 Å². The van der Waals surface area contributed by atoms with Gasteiger partial charge in [-0.25, -0.2) is 0 Å². The first-order valence-corrected chi connectivity index (χ1v) is 10.8. The molecule has 1 aromatic carbocycles.